The molecule has 11 nitrogen and oxygen atoms in total. The van der Waals surface area contributed by atoms with Gasteiger partial charge in [-0.1, -0.05) is 18.2 Å². The lowest BCUT2D eigenvalue weighted by Crippen LogP contribution is -2.43. The predicted molar refractivity (Wildman–Crippen MR) is 180 cm³/mol. The number of alkyl halides is 4. The summed E-state index contributed by atoms with van der Waals surface area (Å²) in [5.74, 6) is 1.08. The van der Waals surface area contributed by atoms with Gasteiger partial charge in [-0.05, 0) is 70.0 Å². The molecule has 2 N–H and O–H groups in total. The van der Waals surface area contributed by atoms with Crippen LogP contribution < -0.4 is 15.4 Å². The normalized spacial score (nSPS) is 27.3. The summed E-state index contributed by atoms with van der Waals surface area (Å²) < 4.78 is 69.3. The Morgan fingerprint density at radius 1 is 1.14 bits per heavy atom. The van der Waals surface area contributed by atoms with Crippen molar-refractivity contribution in [2.45, 2.75) is 89.1 Å². The molecule has 3 aliphatic heterocycles. The van der Waals surface area contributed by atoms with Crippen molar-refractivity contribution in [1.29, 1.82) is 0 Å². The van der Waals surface area contributed by atoms with Crippen molar-refractivity contribution in [3.63, 3.8) is 0 Å². The Kier molecular flexibility index (Phi) is 9.25. The van der Waals surface area contributed by atoms with Crippen LogP contribution >= 0.6 is 0 Å². The summed E-state index contributed by atoms with van der Waals surface area (Å²) in [7, 11) is 2.01. The topological polar surface area (TPSA) is 123 Å². The van der Waals surface area contributed by atoms with E-state index in [2.05, 4.69) is 29.8 Å². The molecule has 0 saturated carbocycles. The van der Waals surface area contributed by atoms with Crippen molar-refractivity contribution in [2.24, 2.45) is 5.92 Å². The summed E-state index contributed by atoms with van der Waals surface area (Å²) in [6.07, 6.45) is 2.16. The Bertz CT molecular complexity index is 1750. The highest BCUT2D eigenvalue weighted by molar-refractivity contribution is 5.53. The fraction of sp³-hybridized carbons (Fsp3) is 0.629. The quantitative estimate of drug-likeness (QED) is 0.298. The highest BCUT2D eigenvalue weighted by Gasteiger charge is 2.49. The Balaban J connectivity index is 1.18. The van der Waals surface area contributed by atoms with E-state index in [9.17, 15) is 17.6 Å². The van der Waals surface area contributed by atoms with Crippen LogP contribution in [0.15, 0.2) is 16.7 Å². The third-order valence-electron chi connectivity index (χ3n) is 11.1. The molecule has 4 aliphatic rings. The van der Waals surface area contributed by atoms with Crippen molar-refractivity contribution in [2.75, 3.05) is 57.0 Å². The second-order valence-corrected chi connectivity index (χ2v) is 14.6. The van der Waals surface area contributed by atoms with E-state index in [-0.39, 0.29) is 48.1 Å². The van der Waals surface area contributed by atoms with Crippen LogP contribution in [0.25, 0.3) is 6.08 Å². The van der Waals surface area contributed by atoms with E-state index in [0.717, 1.165) is 50.3 Å². The van der Waals surface area contributed by atoms with Gasteiger partial charge in [0.2, 0.25) is 5.89 Å². The molecule has 6 heterocycles. The predicted octanol–water partition coefficient (Wildman–Crippen LogP) is 5.17. The fourth-order valence-corrected chi connectivity index (χ4v) is 8.63. The number of aryl methyl sites for hydroxylation is 2. The number of likely N-dealkylation sites (N-methyl/N-ethyl adjacent to an activating group) is 1. The minimum absolute atomic E-state index is 0.0419. The molecule has 3 saturated heterocycles. The van der Waals surface area contributed by atoms with E-state index in [1.807, 2.05) is 26.1 Å². The minimum Gasteiger partial charge on any atom is -0.461 e. The van der Waals surface area contributed by atoms with Crippen LogP contribution in [0.3, 0.4) is 0 Å². The largest absolute Gasteiger partial charge is 0.461 e. The standard InChI is InChI=1S/C35H45F4N9O2/c1-20-13-26-27(15-25(20)31-30(35(37,38)39)21(2)14-28(40)43-31)42-33(49-19-34-9-6-11-48(34)17-23(36)16-34)44-32(26)46(4)24-8-12-47(18-24)10-5-7-29-41-22(3)45-50-29/h5,7,14,20,23-25H,6,8-13,15-19H2,1-4H3,(H2,40,43)/b7-5+/t20?,23-,24-,25?,34+/m1/s1. The first kappa shape index (κ1) is 34.6. The fourth-order valence-electron chi connectivity index (χ4n) is 8.63. The molecule has 2 unspecified atom stereocenters. The summed E-state index contributed by atoms with van der Waals surface area (Å²) in [5.41, 5.74) is 6.47. The smallest absolute Gasteiger partial charge is 0.418 e. The van der Waals surface area contributed by atoms with E-state index in [4.69, 9.17) is 25.0 Å². The number of hydrogen-bond donors (Lipinski definition) is 1. The van der Waals surface area contributed by atoms with Crippen molar-refractivity contribution in [3.05, 3.63) is 51.9 Å². The molecule has 3 fully saturated rings. The second kappa shape index (κ2) is 13.4. The average Bonchev–Trinajstić information content (AvgIpc) is 3.83. The van der Waals surface area contributed by atoms with Gasteiger partial charge in [0.25, 0.3) is 0 Å². The number of rotatable bonds is 9. The van der Waals surface area contributed by atoms with Crippen LogP contribution in [-0.2, 0) is 19.0 Å². The zero-order valence-corrected chi connectivity index (χ0v) is 29.0. The highest BCUT2D eigenvalue weighted by atomic mass is 19.4. The summed E-state index contributed by atoms with van der Waals surface area (Å²) in [6.45, 7) is 9.02. The molecule has 0 bridgehead atoms. The highest BCUT2D eigenvalue weighted by Crippen LogP contribution is 2.46. The van der Waals surface area contributed by atoms with Crippen molar-refractivity contribution >= 4 is 17.7 Å². The number of nitrogen functional groups attached to an aromatic ring is 1. The Morgan fingerprint density at radius 3 is 2.72 bits per heavy atom. The third-order valence-corrected chi connectivity index (χ3v) is 11.1. The van der Waals surface area contributed by atoms with E-state index >= 15 is 0 Å². The van der Waals surface area contributed by atoms with E-state index in [1.165, 1.54) is 13.0 Å². The van der Waals surface area contributed by atoms with Gasteiger partial charge in [0, 0.05) is 63.2 Å². The number of ether oxygens (including phenoxy) is 1. The molecule has 3 aromatic rings. The van der Waals surface area contributed by atoms with Gasteiger partial charge in [0.15, 0.2) is 5.82 Å². The number of nitrogens with zero attached hydrogens (tertiary/aromatic N) is 8. The molecule has 0 spiro atoms. The molecule has 3 aromatic heterocycles. The van der Waals surface area contributed by atoms with Gasteiger partial charge in [0.05, 0.1) is 22.5 Å². The van der Waals surface area contributed by atoms with E-state index in [0.29, 0.717) is 43.3 Å². The van der Waals surface area contributed by atoms with Crippen LogP contribution in [0.1, 0.15) is 78.3 Å². The lowest BCUT2D eigenvalue weighted by molar-refractivity contribution is -0.139. The van der Waals surface area contributed by atoms with E-state index < -0.39 is 29.4 Å². The monoisotopic (exact) mass is 699 g/mol. The van der Waals surface area contributed by atoms with Crippen molar-refractivity contribution in [3.8, 4) is 6.01 Å². The number of aromatic nitrogens is 5. The van der Waals surface area contributed by atoms with Gasteiger partial charge in [-0.3, -0.25) is 9.80 Å². The van der Waals surface area contributed by atoms with Gasteiger partial charge < -0.3 is 19.9 Å². The lowest BCUT2D eigenvalue weighted by Gasteiger charge is -2.36. The molecular weight excluding hydrogens is 654 g/mol. The number of anilines is 2. The first-order valence-electron chi connectivity index (χ1n) is 17.5. The van der Waals surface area contributed by atoms with Crippen molar-refractivity contribution < 1.29 is 26.8 Å². The molecule has 0 radical (unpaired) electrons. The number of hydrogen-bond acceptors (Lipinski definition) is 11. The maximum Gasteiger partial charge on any atom is 0.418 e. The third kappa shape index (κ3) is 6.78. The first-order valence-corrected chi connectivity index (χ1v) is 17.5. The molecule has 270 valence electrons. The van der Waals surface area contributed by atoms with Crippen LogP contribution in [0.2, 0.25) is 0 Å². The van der Waals surface area contributed by atoms with Crippen LogP contribution in [0, 0.1) is 19.8 Å². The summed E-state index contributed by atoms with van der Waals surface area (Å²) in [5, 5.41) is 3.82. The molecular formula is C35H45F4N9O2. The van der Waals surface area contributed by atoms with Gasteiger partial charge >= 0.3 is 12.2 Å². The number of fused-ring (bicyclic) bond motifs is 2. The SMILES string of the molecule is Cc1noc(/C=C/CN2CC[C@@H](N(C)c3nc(OC[C@@]45CCCN4C[C@H](F)C5)nc4c3CC(C)C(c3nc(N)cc(C)c3C(F)(F)F)C4)C2)n1. The molecule has 50 heavy (non-hydrogen) atoms. The van der Waals surface area contributed by atoms with E-state index in [1.54, 1.807) is 6.92 Å². The number of likely N-dealkylation sites (tertiary alicyclic amines) is 1. The maximum atomic E-state index is 14.5. The zero-order chi connectivity index (χ0) is 35.4. The Labute approximate surface area is 289 Å². The Morgan fingerprint density at radius 2 is 1.96 bits per heavy atom. The molecule has 0 aromatic carbocycles. The van der Waals surface area contributed by atoms with Gasteiger partial charge in [-0.25, -0.2) is 9.37 Å². The minimum atomic E-state index is -4.58. The van der Waals surface area contributed by atoms with Crippen molar-refractivity contribution in [1.82, 2.24) is 34.9 Å². The lowest BCUT2D eigenvalue weighted by atomic mass is 9.75. The number of halogens is 4. The first-order chi connectivity index (χ1) is 23.8. The Hall–Kier alpha value is -3.85. The van der Waals surface area contributed by atoms with Crippen LogP contribution in [-0.4, -0.2) is 99.0 Å². The molecule has 7 rings (SSSR count). The molecule has 5 atom stereocenters. The van der Waals surface area contributed by atoms with Crippen LogP contribution in [0.4, 0.5) is 29.2 Å². The van der Waals surface area contributed by atoms with Gasteiger partial charge in [0.1, 0.15) is 24.4 Å². The number of nitrogens with two attached hydrogens (primary N) is 1. The zero-order valence-electron chi connectivity index (χ0n) is 29.0. The molecule has 15 heteroatoms. The summed E-state index contributed by atoms with van der Waals surface area (Å²) in [6, 6.07) is 1.58. The summed E-state index contributed by atoms with van der Waals surface area (Å²) >= 11 is 0. The van der Waals surface area contributed by atoms with Crippen LogP contribution in [0.5, 0.6) is 6.01 Å². The summed E-state index contributed by atoms with van der Waals surface area (Å²) in [4.78, 5) is 25.0. The molecule has 0 amide bonds. The molecule has 1 aliphatic carbocycles. The number of pyridine rings is 1. The maximum absolute atomic E-state index is 14.5. The van der Waals surface area contributed by atoms with Gasteiger partial charge in [-0.15, -0.1) is 0 Å². The van der Waals surface area contributed by atoms with Gasteiger partial charge in [-0.2, -0.15) is 28.1 Å². The average molecular weight is 700 g/mol. The second-order valence-electron chi connectivity index (χ2n) is 14.6.